The van der Waals surface area contributed by atoms with Crippen LogP contribution >= 0.6 is 0 Å². The first-order valence-electron chi connectivity index (χ1n) is 13.9. The van der Waals surface area contributed by atoms with Gasteiger partial charge in [0.1, 0.15) is 23.3 Å². The molecule has 2 heterocycles. The number of amides is 4. The number of nitrogens with zero attached hydrogens (tertiary/aromatic N) is 2. The van der Waals surface area contributed by atoms with Crippen molar-refractivity contribution in [2.75, 3.05) is 32.7 Å². The Labute approximate surface area is 237 Å². The van der Waals surface area contributed by atoms with Gasteiger partial charge in [0.15, 0.2) is 0 Å². The Kier molecular flexibility index (Phi) is 9.71. The molecule has 222 valence electrons. The van der Waals surface area contributed by atoms with E-state index in [0.29, 0.717) is 32.6 Å². The lowest BCUT2D eigenvalue weighted by molar-refractivity contribution is -0.152. The van der Waals surface area contributed by atoms with E-state index in [-0.39, 0.29) is 23.8 Å². The van der Waals surface area contributed by atoms with Gasteiger partial charge in [-0.25, -0.2) is 9.59 Å². The average molecular weight is 560 g/mol. The molecule has 2 saturated heterocycles. The van der Waals surface area contributed by atoms with Crippen molar-refractivity contribution < 1.29 is 28.7 Å². The maximum Gasteiger partial charge on any atom is 0.408 e. The highest BCUT2D eigenvalue weighted by molar-refractivity contribution is 5.87. The molecule has 0 saturated carbocycles. The van der Waals surface area contributed by atoms with Crippen molar-refractivity contribution >= 4 is 24.0 Å². The summed E-state index contributed by atoms with van der Waals surface area (Å²) in [7, 11) is 0. The summed E-state index contributed by atoms with van der Waals surface area (Å²) in [5.74, 6) is -0.364. The molecule has 1 aromatic rings. The van der Waals surface area contributed by atoms with Gasteiger partial charge in [0, 0.05) is 44.6 Å². The van der Waals surface area contributed by atoms with Gasteiger partial charge in [0.2, 0.25) is 11.8 Å². The number of benzene rings is 1. The molecule has 40 heavy (non-hydrogen) atoms. The van der Waals surface area contributed by atoms with Crippen molar-refractivity contribution in [2.45, 2.75) is 84.1 Å². The van der Waals surface area contributed by atoms with Crippen LogP contribution in [0.2, 0.25) is 0 Å². The maximum absolute atomic E-state index is 13.5. The van der Waals surface area contributed by atoms with E-state index in [1.807, 2.05) is 30.3 Å². The third-order valence-electron chi connectivity index (χ3n) is 6.95. The topological polar surface area (TPSA) is 143 Å². The monoisotopic (exact) mass is 559 g/mol. The Bertz CT molecular complexity index is 1050. The molecule has 3 rings (SSSR count). The number of nitrogens with two attached hydrogens (primary N) is 1. The minimum Gasteiger partial charge on any atom is -0.444 e. The smallest absolute Gasteiger partial charge is 0.408 e. The molecule has 1 spiro atoms. The van der Waals surface area contributed by atoms with Crippen LogP contribution in [0.3, 0.4) is 0 Å². The normalized spacial score (nSPS) is 18.3. The van der Waals surface area contributed by atoms with Gasteiger partial charge in [-0.05, 0) is 59.9 Å². The van der Waals surface area contributed by atoms with E-state index in [1.165, 1.54) is 0 Å². The SMILES string of the molecule is CC(C)(C)OC(=O)NC[C@@H](N)C(=O)N1CCC2(CC1)CN(C(=O)[C@@H](Cc1ccccc1)NC(=O)OC(C)(C)C)C2. The van der Waals surface area contributed by atoms with Crippen LogP contribution in [0.25, 0.3) is 0 Å². The number of nitrogens with one attached hydrogen (secondary N) is 2. The summed E-state index contributed by atoms with van der Waals surface area (Å²) < 4.78 is 10.6. The predicted octanol–water partition coefficient (Wildman–Crippen LogP) is 2.43. The molecule has 2 aliphatic heterocycles. The van der Waals surface area contributed by atoms with Crippen molar-refractivity contribution in [1.82, 2.24) is 20.4 Å². The Balaban J connectivity index is 1.51. The molecule has 11 heteroatoms. The molecule has 0 unspecified atom stereocenters. The summed E-state index contributed by atoms with van der Waals surface area (Å²) in [5, 5.41) is 5.32. The summed E-state index contributed by atoms with van der Waals surface area (Å²) in [4.78, 5) is 54.2. The van der Waals surface area contributed by atoms with Gasteiger partial charge in [0.05, 0.1) is 0 Å². The van der Waals surface area contributed by atoms with E-state index in [9.17, 15) is 19.2 Å². The second-order valence-corrected chi connectivity index (χ2v) is 12.9. The molecule has 2 fully saturated rings. The molecular weight excluding hydrogens is 514 g/mol. The molecule has 2 atom stereocenters. The highest BCUT2D eigenvalue weighted by Crippen LogP contribution is 2.41. The number of carbonyl (C=O) groups excluding carboxylic acids is 4. The Morgan fingerprint density at radius 1 is 0.875 bits per heavy atom. The number of hydrogen-bond donors (Lipinski definition) is 3. The van der Waals surface area contributed by atoms with Gasteiger partial charge >= 0.3 is 12.2 Å². The zero-order valence-electron chi connectivity index (χ0n) is 24.6. The fourth-order valence-corrected chi connectivity index (χ4v) is 4.99. The molecule has 0 bridgehead atoms. The summed E-state index contributed by atoms with van der Waals surface area (Å²) in [6, 6.07) is 7.95. The Morgan fingerprint density at radius 2 is 1.43 bits per heavy atom. The minimum absolute atomic E-state index is 0.00881. The lowest BCUT2D eigenvalue weighted by atomic mass is 9.71. The second kappa shape index (κ2) is 12.4. The number of alkyl carbamates (subject to hydrolysis) is 2. The number of ether oxygens (including phenoxy) is 2. The summed E-state index contributed by atoms with van der Waals surface area (Å²) in [6.45, 7) is 12.8. The van der Waals surface area contributed by atoms with Crippen molar-refractivity contribution in [3.63, 3.8) is 0 Å². The van der Waals surface area contributed by atoms with E-state index in [0.717, 1.165) is 18.4 Å². The maximum atomic E-state index is 13.5. The van der Waals surface area contributed by atoms with Crippen LogP contribution < -0.4 is 16.4 Å². The highest BCUT2D eigenvalue weighted by Gasteiger charge is 2.48. The fourth-order valence-electron chi connectivity index (χ4n) is 4.99. The van der Waals surface area contributed by atoms with E-state index in [4.69, 9.17) is 15.2 Å². The Morgan fingerprint density at radius 3 is 1.98 bits per heavy atom. The first-order valence-corrected chi connectivity index (χ1v) is 13.9. The van der Waals surface area contributed by atoms with Gasteiger partial charge in [0.25, 0.3) is 0 Å². The number of hydrogen-bond acceptors (Lipinski definition) is 7. The van der Waals surface area contributed by atoms with E-state index in [1.54, 1.807) is 51.3 Å². The molecule has 4 N–H and O–H groups in total. The molecule has 0 radical (unpaired) electrons. The predicted molar refractivity (Wildman–Crippen MR) is 150 cm³/mol. The van der Waals surface area contributed by atoms with Crippen LogP contribution in [0, 0.1) is 5.41 Å². The first kappa shape index (κ1) is 31.2. The van der Waals surface area contributed by atoms with Crippen molar-refractivity contribution in [1.29, 1.82) is 0 Å². The molecule has 11 nitrogen and oxygen atoms in total. The largest absolute Gasteiger partial charge is 0.444 e. The zero-order valence-corrected chi connectivity index (χ0v) is 24.6. The van der Waals surface area contributed by atoms with Crippen molar-refractivity contribution in [3.8, 4) is 0 Å². The van der Waals surface area contributed by atoms with Crippen molar-refractivity contribution in [3.05, 3.63) is 35.9 Å². The van der Waals surface area contributed by atoms with E-state index >= 15 is 0 Å². The second-order valence-electron chi connectivity index (χ2n) is 12.9. The summed E-state index contributed by atoms with van der Waals surface area (Å²) >= 11 is 0. The van der Waals surface area contributed by atoms with Crippen LogP contribution in [0.15, 0.2) is 30.3 Å². The number of rotatable bonds is 7. The lowest BCUT2D eigenvalue weighted by Crippen LogP contribution is -2.66. The van der Waals surface area contributed by atoms with Gasteiger partial charge in [-0.1, -0.05) is 30.3 Å². The average Bonchev–Trinajstić information content (AvgIpc) is 2.83. The zero-order chi connectivity index (χ0) is 29.7. The number of piperidine rings is 1. The van der Waals surface area contributed by atoms with Gasteiger partial charge in [-0.3, -0.25) is 9.59 Å². The molecule has 1 aromatic carbocycles. The molecular formula is C29H45N5O6. The lowest BCUT2D eigenvalue weighted by Gasteiger charge is -2.54. The van der Waals surface area contributed by atoms with Crippen molar-refractivity contribution in [2.24, 2.45) is 11.1 Å². The minimum atomic E-state index is -0.862. The number of carbonyl (C=O) groups is 4. The van der Waals surface area contributed by atoms with Gasteiger partial charge < -0.3 is 35.6 Å². The van der Waals surface area contributed by atoms with E-state index in [2.05, 4.69) is 10.6 Å². The van der Waals surface area contributed by atoms with Gasteiger partial charge in [-0.2, -0.15) is 0 Å². The van der Waals surface area contributed by atoms with Gasteiger partial charge in [-0.15, -0.1) is 0 Å². The standard InChI is InChI=1S/C29H45N5O6/c1-27(2,3)39-25(37)31-17-21(30)23(35)33-14-12-29(13-15-33)18-34(19-29)24(36)22(16-20-10-8-7-9-11-20)32-26(38)40-28(4,5)6/h7-11,21-22H,12-19,30H2,1-6H3,(H,31,37)(H,32,38)/t21-,22-/m1/s1. The number of likely N-dealkylation sites (tertiary alicyclic amines) is 2. The third kappa shape index (κ3) is 9.11. The van der Waals surface area contributed by atoms with Crippen LogP contribution in [-0.2, 0) is 25.5 Å². The van der Waals surface area contributed by atoms with Crippen LogP contribution in [0.1, 0.15) is 59.9 Å². The Hall–Kier alpha value is -3.34. The summed E-state index contributed by atoms with van der Waals surface area (Å²) in [5.41, 5.74) is 5.62. The van der Waals surface area contributed by atoms with Crippen LogP contribution in [-0.4, -0.2) is 89.8 Å². The fraction of sp³-hybridized carbons (Fsp3) is 0.655. The molecule has 0 aliphatic carbocycles. The summed E-state index contributed by atoms with van der Waals surface area (Å²) in [6.07, 6.45) is 0.621. The molecule has 2 aliphatic rings. The third-order valence-corrected chi connectivity index (χ3v) is 6.95. The van der Waals surface area contributed by atoms with E-state index < -0.39 is 35.5 Å². The molecule has 0 aromatic heterocycles. The highest BCUT2D eigenvalue weighted by atomic mass is 16.6. The van der Waals surface area contributed by atoms with Crippen LogP contribution in [0.4, 0.5) is 9.59 Å². The first-order chi connectivity index (χ1) is 18.6. The van der Waals surface area contributed by atoms with Crippen LogP contribution in [0.5, 0.6) is 0 Å². The quantitative estimate of drug-likeness (QED) is 0.466. The molecule has 4 amide bonds.